The van der Waals surface area contributed by atoms with Gasteiger partial charge in [-0.15, -0.1) is 12.4 Å². The lowest BCUT2D eigenvalue weighted by atomic mass is 10.1. The second-order valence-corrected chi connectivity index (χ2v) is 2.86. The van der Waals surface area contributed by atoms with Crippen LogP contribution in [0.4, 0.5) is 5.69 Å². The van der Waals surface area contributed by atoms with Crippen LogP contribution in [-0.2, 0) is 0 Å². The molecule has 0 atom stereocenters. The second kappa shape index (κ2) is 4.13. The molecule has 0 saturated heterocycles. The lowest BCUT2D eigenvalue weighted by Crippen LogP contribution is -2.02. The average molecular weight is 206 g/mol. The van der Waals surface area contributed by atoms with Gasteiger partial charge in [0.25, 0.3) is 0 Å². The second-order valence-electron chi connectivity index (χ2n) is 2.86. The lowest BCUT2D eigenvalue weighted by Gasteiger charge is -2.00. The Morgan fingerprint density at radius 1 is 1.62 bits per heavy atom. The number of nitrogens with zero attached hydrogens (tertiary/aromatic N) is 1. The van der Waals surface area contributed by atoms with E-state index in [1.54, 1.807) is 0 Å². The molecule has 1 rings (SSSR count). The van der Waals surface area contributed by atoms with Crippen molar-refractivity contribution in [2.45, 2.75) is 19.8 Å². The fourth-order valence-corrected chi connectivity index (χ4v) is 0.967. The van der Waals surface area contributed by atoms with Crippen LogP contribution in [0.5, 0.6) is 0 Å². The van der Waals surface area contributed by atoms with Gasteiger partial charge in [0.1, 0.15) is 0 Å². The highest BCUT2D eigenvalue weighted by Crippen LogP contribution is 2.21. The van der Waals surface area contributed by atoms with Gasteiger partial charge in [0.05, 0.1) is 11.4 Å². The zero-order chi connectivity index (χ0) is 9.30. The van der Waals surface area contributed by atoms with Crippen LogP contribution in [0.2, 0.25) is 0 Å². The number of hydrogen-bond acceptors (Lipinski definition) is 3. The van der Waals surface area contributed by atoms with Crippen LogP contribution in [0.3, 0.4) is 0 Å². The first kappa shape index (κ1) is 11.8. The van der Waals surface area contributed by atoms with Crippen LogP contribution in [0.25, 0.3) is 0 Å². The topological polar surface area (TPSA) is 92.0 Å². The Labute approximate surface area is 81.7 Å². The molecule has 0 aliphatic heterocycles. The Morgan fingerprint density at radius 3 is 2.38 bits per heavy atom. The zero-order valence-electron chi connectivity index (χ0n) is 7.37. The molecule has 0 aliphatic carbocycles. The first-order valence-electron chi connectivity index (χ1n) is 3.61. The van der Waals surface area contributed by atoms with Crippen molar-refractivity contribution in [3.63, 3.8) is 0 Å². The molecule has 0 unspecified atom stereocenters. The quantitative estimate of drug-likeness (QED) is 0.677. The number of anilines is 1. The molecular formula is C7H12ClN3O2. The third-order valence-electron chi connectivity index (χ3n) is 1.61. The predicted octanol–water partition coefficient (Wildman–Crippen LogP) is 1.24. The highest BCUT2D eigenvalue weighted by atomic mass is 35.5. The van der Waals surface area contributed by atoms with Gasteiger partial charge < -0.3 is 10.8 Å². The standard InChI is InChI=1S/C7H11N3O2.ClH/c1-3(2)5-4(8)6(7(11)12)10-9-5;/h3H,8H2,1-2H3,(H,9,10)(H,11,12);1H. The SMILES string of the molecule is CC(C)c1[nH]nc(C(=O)O)c1N.Cl. The van der Waals surface area contributed by atoms with Crippen molar-refractivity contribution < 1.29 is 9.90 Å². The van der Waals surface area contributed by atoms with Gasteiger partial charge in [0, 0.05) is 0 Å². The maximum Gasteiger partial charge on any atom is 0.358 e. The maximum absolute atomic E-state index is 10.5. The highest BCUT2D eigenvalue weighted by molar-refractivity contribution is 5.91. The molecule has 0 amide bonds. The van der Waals surface area contributed by atoms with Crippen molar-refractivity contribution in [2.75, 3.05) is 5.73 Å². The number of aromatic amines is 1. The largest absolute Gasteiger partial charge is 0.476 e. The minimum Gasteiger partial charge on any atom is -0.476 e. The summed E-state index contributed by atoms with van der Waals surface area (Å²) in [5.74, 6) is -0.943. The van der Waals surface area contributed by atoms with Crippen LogP contribution >= 0.6 is 12.4 Å². The minimum atomic E-state index is -1.10. The van der Waals surface area contributed by atoms with Gasteiger partial charge in [0.15, 0.2) is 5.69 Å². The number of H-pyrrole nitrogens is 1. The van der Waals surface area contributed by atoms with Crippen molar-refractivity contribution >= 4 is 24.1 Å². The molecule has 0 bridgehead atoms. The molecule has 0 aromatic carbocycles. The predicted molar refractivity (Wildman–Crippen MR) is 51.3 cm³/mol. The molecule has 74 valence electrons. The Hall–Kier alpha value is -1.23. The molecule has 0 fully saturated rings. The van der Waals surface area contributed by atoms with E-state index in [0.717, 1.165) is 0 Å². The summed E-state index contributed by atoms with van der Waals surface area (Å²) in [5.41, 5.74) is 6.34. The molecular weight excluding hydrogens is 194 g/mol. The fourth-order valence-electron chi connectivity index (χ4n) is 0.967. The molecule has 4 N–H and O–H groups in total. The molecule has 0 saturated carbocycles. The van der Waals surface area contributed by atoms with Crippen molar-refractivity contribution in [1.29, 1.82) is 0 Å². The van der Waals surface area contributed by atoms with E-state index in [9.17, 15) is 4.79 Å². The zero-order valence-corrected chi connectivity index (χ0v) is 8.18. The molecule has 6 heteroatoms. The summed E-state index contributed by atoms with van der Waals surface area (Å²) in [7, 11) is 0. The Bertz CT molecular complexity index is 309. The van der Waals surface area contributed by atoms with Crippen LogP contribution < -0.4 is 5.73 Å². The third-order valence-corrected chi connectivity index (χ3v) is 1.61. The number of hydrogen-bond donors (Lipinski definition) is 3. The summed E-state index contributed by atoms with van der Waals surface area (Å²) in [4.78, 5) is 10.5. The summed E-state index contributed by atoms with van der Waals surface area (Å²) in [5, 5.41) is 14.8. The van der Waals surface area contributed by atoms with E-state index in [-0.39, 0.29) is 29.7 Å². The van der Waals surface area contributed by atoms with Crippen LogP contribution in [0.1, 0.15) is 35.9 Å². The molecule has 13 heavy (non-hydrogen) atoms. The molecule has 1 aromatic heterocycles. The van der Waals surface area contributed by atoms with Gasteiger partial charge in [-0.25, -0.2) is 4.79 Å². The molecule has 1 aromatic rings. The number of aromatic carboxylic acids is 1. The van der Waals surface area contributed by atoms with E-state index < -0.39 is 5.97 Å². The first-order valence-corrected chi connectivity index (χ1v) is 3.61. The Morgan fingerprint density at radius 2 is 2.15 bits per heavy atom. The summed E-state index contributed by atoms with van der Waals surface area (Å²) in [6.07, 6.45) is 0. The number of halogens is 1. The highest BCUT2D eigenvalue weighted by Gasteiger charge is 2.17. The van der Waals surface area contributed by atoms with Gasteiger partial charge in [-0.05, 0) is 5.92 Å². The first-order chi connectivity index (χ1) is 5.54. The van der Waals surface area contributed by atoms with Crippen LogP contribution in [0.15, 0.2) is 0 Å². The van der Waals surface area contributed by atoms with Crippen molar-refractivity contribution in [3.05, 3.63) is 11.4 Å². The average Bonchev–Trinajstić information content (AvgIpc) is 2.30. The van der Waals surface area contributed by atoms with E-state index in [0.29, 0.717) is 5.69 Å². The van der Waals surface area contributed by atoms with Gasteiger partial charge in [-0.3, -0.25) is 5.10 Å². The van der Waals surface area contributed by atoms with Crippen molar-refractivity contribution in [1.82, 2.24) is 10.2 Å². The molecule has 0 spiro atoms. The van der Waals surface area contributed by atoms with E-state index in [2.05, 4.69) is 10.2 Å². The van der Waals surface area contributed by atoms with E-state index in [1.165, 1.54) is 0 Å². The van der Waals surface area contributed by atoms with Crippen molar-refractivity contribution in [3.8, 4) is 0 Å². The molecule has 0 aliphatic rings. The van der Waals surface area contributed by atoms with E-state index >= 15 is 0 Å². The van der Waals surface area contributed by atoms with E-state index in [4.69, 9.17) is 10.8 Å². The number of nitrogen functional groups attached to an aromatic ring is 1. The van der Waals surface area contributed by atoms with Crippen molar-refractivity contribution in [2.24, 2.45) is 0 Å². The summed E-state index contributed by atoms with van der Waals surface area (Å²) in [6, 6.07) is 0. The maximum atomic E-state index is 10.5. The van der Waals surface area contributed by atoms with Gasteiger partial charge in [-0.2, -0.15) is 5.10 Å². The van der Waals surface area contributed by atoms with E-state index in [1.807, 2.05) is 13.8 Å². The minimum absolute atomic E-state index is 0. The number of nitrogens with one attached hydrogen (secondary N) is 1. The number of carbonyl (C=O) groups is 1. The monoisotopic (exact) mass is 205 g/mol. The molecule has 1 heterocycles. The lowest BCUT2D eigenvalue weighted by molar-refractivity contribution is 0.0691. The molecule has 5 nitrogen and oxygen atoms in total. The number of aromatic nitrogens is 2. The fraction of sp³-hybridized carbons (Fsp3) is 0.429. The molecule has 0 radical (unpaired) electrons. The normalized spacial score (nSPS) is 9.77. The summed E-state index contributed by atoms with van der Waals surface area (Å²) in [6.45, 7) is 3.82. The Balaban J connectivity index is 0.00000144. The number of carboxylic acids is 1. The van der Waals surface area contributed by atoms with Crippen LogP contribution in [-0.4, -0.2) is 21.3 Å². The Kier molecular flexibility index (Phi) is 3.74. The smallest absolute Gasteiger partial charge is 0.358 e. The number of rotatable bonds is 2. The number of carboxylic acid groups (broad SMARTS) is 1. The number of nitrogens with two attached hydrogens (primary N) is 1. The third kappa shape index (κ3) is 2.12. The summed E-state index contributed by atoms with van der Waals surface area (Å²) < 4.78 is 0. The van der Waals surface area contributed by atoms with Crippen LogP contribution in [0, 0.1) is 0 Å². The van der Waals surface area contributed by atoms with Gasteiger partial charge in [-0.1, -0.05) is 13.8 Å². The van der Waals surface area contributed by atoms with Gasteiger partial charge >= 0.3 is 5.97 Å². The van der Waals surface area contributed by atoms with Gasteiger partial charge in [0.2, 0.25) is 0 Å². The summed E-state index contributed by atoms with van der Waals surface area (Å²) >= 11 is 0.